The van der Waals surface area contributed by atoms with E-state index < -0.39 is 4.87 Å². The first-order valence-electron chi connectivity index (χ1n) is 7.29. The van der Waals surface area contributed by atoms with Crippen LogP contribution in [0.15, 0.2) is 78.9 Å². The Morgan fingerprint density at radius 1 is 0.696 bits per heavy atom. The molecule has 0 aliphatic rings. The minimum absolute atomic E-state index is 0.690. The molecule has 3 rings (SSSR count). The molecule has 0 bridgehead atoms. The number of alkyl halides is 1. The van der Waals surface area contributed by atoms with E-state index in [1.165, 1.54) is 0 Å². The van der Waals surface area contributed by atoms with Crippen LogP contribution >= 0.6 is 23.2 Å². The molecule has 116 valence electrons. The van der Waals surface area contributed by atoms with Gasteiger partial charge in [-0.05, 0) is 41.0 Å². The predicted octanol–water partition coefficient (Wildman–Crippen LogP) is 5.88. The van der Waals surface area contributed by atoms with Crippen LogP contribution in [0.5, 0.6) is 5.75 Å². The van der Waals surface area contributed by atoms with Crippen molar-refractivity contribution in [1.29, 1.82) is 0 Å². The molecule has 3 aromatic rings. The van der Waals surface area contributed by atoms with Crippen LogP contribution in [-0.2, 0) is 4.87 Å². The lowest BCUT2D eigenvalue weighted by Gasteiger charge is -2.29. The zero-order chi connectivity index (χ0) is 16.3. The molecular weight excluding hydrogens is 327 g/mol. The summed E-state index contributed by atoms with van der Waals surface area (Å²) in [4.78, 5) is -0.780. The van der Waals surface area contributed by atoms with Crippen molar-refractivity contribution in [1.82, 2.24) is 0 Å². The zero-order valence-corrected chi connectivity index (χ0v) is 14.2. The average molecular weight is 343 g/mol. The zero-order valence-electron chi connectivity index (χ0n) is 12.7. The summed E-state index contributed by atoms with van der Waals surface area (Å²) in [5, 5.41) is 0.690. The van der Waals surface area contributed by atoms with E-state index in [0.717, 1.165) is 22.4 Å². The first kappa shape index (κ1) is 15.9. The Labute approximate surface area is 146 Å². The Morgan fingerprint density at radius 3 is 1.70 bits per heavy atom. The molecule has 3 heteroatoms. The van der Waals surface area contributed by atoms with Crippen molar-refractivity contribution in [2.24, 2.45) is 0 Å². The third-order valence-electron chi connectivity index (χ3n) is 3.90. The Kier molecular flexibility index (Phi) is 4.61. The summed E-state index contributed by atoms with van der Waals surface area (Å²) in [6.45, 7) is 0. The van der Waals surface area contributed by atoms with E-state index in [4.69, 9.17) is 27.9 Å². The summed E-state index contributed by atoms with van der Waals surface area (Å²) in [5.74, 6) is 0.803. The van der Waals surface area contributed by atoms with Gasteiger partial charge in [0.2, 0.25) is 0 Å². The lowest BCUT2D eigenvalue weighted by atomic mass is 9.84. The van der Waals surface area contributed by atoms with Crippen molar-refractivity contribution in [3.8, 4) is 5.75 Å². The van der Waals surface area contributed by atoms with E-state index in [1.54, 1.807) is 7.11 Å². The third kappa shape index (κ3) is 3.08. The second-order valence-corrected chi connectivity index (χ2v) is 6.26. The SMILES string of the molecule is COc1ccc(C(Cl)(c2ccccc2)c2ccc(Cl)cc2)cc1. The fourth-order valence-electron chi connectivity index (χ4n) is 2.67. The molecule has 0 aliphatic carbocycles. The highest BCUT2D eigenvalue weighted by Crippen LogP contribution is 2.43. The van der Waals surface area contributed by atoms with E-state index in [0.29, 0.717) is 5.02 Å². The van der Waals surface area contributed by atoms with Crippen LogP contribution in [0.2, 0.25) is 5.02 Å². The molecule has 0 amide bonds. The molecule has 0 spiro atoms. The van der Waals surface area contributed by atoms with Crippen molar-refractivity contribution in [3.63, 3.8) is 0 Å². The Balaban J connectivity index is 2.18. The van der Waals surface area contributed by atoms with Gasteiger partial charge in [-0.2, -0.15) is 0 Å². The minimum atomic E-state index is -0.780. The van der Waals surface area contributed by atoms with E-state index in [-0.39, 0.29) is 0 Å². The number of halogens is 2. The highest BCUT2D eigenvalue weighted by molar-refractivity contribution is 6.31. The minimum Gasteiger partial charge on any atom is -0.497 e. The number of ether oxygens (including phenoxy) is 1. The maximum absolute atomic E-state index is 7.18. The third-order valence-corrected chi connectivity index (χ3v) is 4.81. The quantitative estimate of drug-likeness (QED) is 0.425. The normalized spacial score (nSPS) is 13.3. The van der Waals surface area contributed by atoms with Gasteiger partial charge in [-0.15, -0.1) is 11.6 Å². The van der Waals surface area contributed by atoms with E-state index >= 15 is 0 Å². The van der Waals surface area contributed by atoms with Crippen molar-refractivity contribution >= 4 is 23.2 Å². The van der Waals surface area contributed by atoms with Crippen LogP contribution in [0, 0.1) is 0 Å². The molecule has 0 saturated heterocycles. The Bertz CT molecular complexity index is 767. The van der Waals surface area contributed by atoms with E-state index in [9.17, 15) is 0 Å². The van der Waals surface area contributed by atoms with Gasteiger partial charge in [-0.1, -0.05) is 66.2 Å². The summed E-state index contributed by atoms with van der Waals surface area (Å²) >= 11 is 13.2. The molecule has 0 saturated carbocycles. The predicted molar refractivity (Wildman–Crippen MR) is 96.6 cm³/mol. The summed E-state index contributed by atoms with van der Waals surface area (Å²) < 4.78 is 5.25. The molecule has 1 unspecified atom stereocenters. The Morgan fingerprint density at radius 2 is 1.17 bits per heavy atom. The van der Waals surface area contributed by atoms with Gasteiger partial charge in [0.25, 0.3) is 0 Å². The first-order chi connectivity index (χ1) is 11.1. The molecule has 0 radical (unpaired) electrons. The molecule has 0 N–H and O–H groups in total. The molecule has 3 aromatic carbocycles. The molecule has 0 aromatic heterocycles. The van der Waals surface area contributed by atoms with Gasteiger partial charge < -0.3 is 4.74 Å². The molecule has 0 heterocycles. The van der Waals surface area contributed by atoms with Crippen LogP contribution in [0.4, 0.5) is 0 Å². The molecule has 1 atom stereocenters. The molecular formula is C20H16Cl2O. The standard InChI is InChI=1S/C20H16Cl2O/c1-23-19-13-9-17(10-14-19)20(22,15-5-3-2-4-6-15)16-7-11-18(21)12-8-16/h2-14H,1H3. The molecule has 1 nitrogen and oxygen atoms in total. The van der Waals surface area contributed by atoms with Gasteiger partial charge in [0.15, 0.2) is 0 Å². The summed E-state index contributed by atoms with van der Waals surface area (Å²) in [7, 11) is 1.65. The van der Waals surface area contributed by atoms with Crippen LogP contribution in [0.25, 0.3) is 0 Å². The number of benzene rings is 3. The van der Waals surface area contributed by atoms with Gasteiger partial charge in [-0.3, -0.25) is 0 Å². The van der Waals surface area contributed by atoms with Crippen LogP contribution in [-0.4, -0.2) is 7.11 Å². The van der Waals surface area contributed by atoms with Gasteiger partial charge in [-0.25, -0.2) is 0 Å². The molecule has 0 fully saturated rings. The topological polar surface area (TPSA) is 9.23 Å². The number of hydrogen-bond acceptors (Lipinski definition) is 1. The molecule has 0 aliphatic heterocycles. The van der Waals surface area contributed by atoms with Crippen molar-refractivity contribution in [3.05, 3.63) is 101 Å². The maximum atomic E-state index is 7.18. The highest BCUT2D eigenvalue weighted by Gasteiger charge is 2.33. The van der Waals surface area contributed by atoms with Crippen molar-refractivity contribution in [2.75, 3.05) is 7.11 Å². The van der Waals surface area contributed by atoms with Gasteiger partial charge in [0, 0.05) is 5.02 Å². The summed E-state index contributed by atoms with van der Waals surface area (Å²) in [5.41, 5.74) is 2.96. The number of hydrogen-bond donors (Lipinski definition) is 0. The second-order valence-electron chi connectivity index (χ2n) is 5.26. The fourth-order valence-corrected chi connectivity index (χ4v) is 3.17. The Hall–Kier alpha value is -1.96. The number of rotatable bonds is 4. The highest BCUT2D eigenvalue weighted by atomic mass is 35.5. The molecule has 23 heavy (non-hydrogen) atoms. The van der Waals surface area contributed by atoms with Crippen LogP contribution in [0.1, 0.15) is 16.7 Å². The van der Waals surface area contributed by atoms with E-state index in [1.807, 2.05) is 78.9 Å². The van der Waals surface area contributed by atoms with Crippen molar-refractivity contribution < 1.29 is 4.74 Å². The van der Waals surface area contributed by atoms with Crippen LogP contribution in [0.3, 0.4) is 0 Å². The summed E-state index contributed by atoms with van der Waals surface area (Å²) in [6, 6.07) is 25.5. The smallest absolute Gasteiger partial charge is 0.119 e. The van der Waals surface area contributed by atoms with Gasteiger partial charge in [0.1, 0.15) is 10.6 Å². The lowest BCUT2D eigenvalue weighted by Crippen LogP contribution is -2.22. The van der Waals surface area contributed by atoms with Gasteiger partial charge in [0.05, 0.1) is 7.11 Å². The number of methoxy groups -OCH3 is 1. The lowest BCUT2D eigenvalue weighted by molar-refractivity contribution is 0.414. The monoisotopic (exact) mass is 342 g/mol. The van der Waals surface area contributed by atoms with Crippen LogP contribution < -0.4 is 4.74 Å². The maximum Gasteiger partial charge on any atom is 0.119 e. The van der Waals surface area contributed by atoms with Crippen molar-refractivity contribution in [2.45, 2.75) is 4.87 Å². The average Bonchev–Trinajstić information content (AvgIpc) is 2.62. The largest absolute Gasteiger partial charge is 0.497 e. The first-order valence-corrected chi connectivity index (χ1v) is 8.05. The fraction of sp³-hybridized carbons (Fsp3) is 0.100. The summed E-state index contributed by atoms with van der Waals surface area (Å²) in [6.07, 6.45) is 0. The second kappa shape index (κ2) is 6.66. The van der Waals surface area contributed by atoms with Gasteiger partial charge >= 0.3 is 0 Å². The van der Waals surface area contributed by atoms with E-state index in [2.05, 4.69) is 0 Å².